The van der Waals surface area contributed by atoms with Crippen molar-refractivity contribution >= 4 is 11.9 Å². The number of nitrogens with zero attached hydrogens (tertiary/aromatic N) is 5. The van der Waals surface area contributed by atoms with Crippen LogP contribution in [-0.4, -0.2) is 30.0 Å². The maximum atomic E-state index is 9.39. The van der Waals surface area contributed by atoms with Crippen LogP contribution in [0, 0.1) is 0 Å². The van der Waals surface area contributed by atoms with Crippen LogP contribution in [-0.2, 0) is 0 Å². The maximum absolute atomic E-state index is 9.39. The van der Waals surface area contributed by atoms with Gasteiger partial charge in [-0.2, -0.15) is 0 Å². The standard InChI is InChI=1S/C13H10N6O/c20-11-8-9(2-6-14-11)10-3-7-17-13(18-10)19-12-15-4-1-5-16-12/h1-8H,(H,14,20)(H,15,16,17,18,19). The highest BCUT2D eigenvalue weighted by atomic mass is 16.3. The van der Waals surface area contributed by atoms with Crippen molar-refractivity contribution in [1.29, 1.82) is 0 Å². The van der Waals surface area contributed by atoms with Crippen LogP contribution in [0.1, 0.15) is 0 Å². The summed E-state index contributed by atoms with van der Waals surface area (Å²) >= 11 is 0. The average Bonchev–Trinajstić information content (AvgIpc) is 2.49. The Kier molecular flexibility index (Phi) is 3.15. The maximum Gasteiger partial charge on any atom is 0.230 e. The van der Waals surface area contributed by atoms with Crippen LogP contribution in [0.3, 0.4) is 0 Å². The molecule has 0 atom stereocenters. The molecule has 7 heteroatoms. The first-order valence-corrected chi connectivity index (χ1v) is 5.84. The molecule has 0 unspecified atom stereocenters. The first-order chi connectivity index (χ1) is 9.81. The van der Waals surface area contributed by atoms with E-state index in [1.54, 1.807) is 36.8 Å². The fourth-order valence-corrected chi connectivity index (χ4v) is 1.62. The zero-order valence-corrected chi connectivity index (χ0v) is 10.3. The van der Waals surface area contributed by atoms with Gasteiger partial charge in [0.25, 0.3) is 0 Å². The molecule has 3 heterocycles. The van der Waals surface area contributed by atoms with Gasteiger partial charge < -0.3 is 5.11 Å². The molecule has 0 aliphatic carbocycles. The average molecular weight is 266 g/mol. The summed E-state index contributed by atoms with van der Waals surface area (Å²) in [6, 6.07) is 6.75. The Bertz CT molecular complexity index is 719. The summed E-state index contributed by atoms with van der Waals surface area (Å²) in [5, 5.41) is 12.3. The Balaban J connectivity index is 1.90. The second-order valence-electron chi connectivity index (χ2n) is 3.87. The number of anilines is 2. The highest BCUT2D eigenvalue weighted by molar-refractivity contribution is 5.61. The number of rotatable bonds is 3. The lowest BCUT2D eigenvalue weighted by molar-refractivity contribution is 0.454. The summed E-state index contributed by atoms with van der Waals surface area (Å²) in [4.78, 5) is 20.2. The SMILES string of the molecule is Oc1cc(-c2ccnc(Nc3ncccn3)n2)ccn1. The first kappa shape index (κ1) is 12.0. The lowest BCUT2D eigenvalue weighted by Gasteiger charge is -2.05. The van der Waals surface area contributed by atoms with Crippen LogP contribution in [0.25, 0.3) is 11.3 Å². The lowest BCUT2D eigenvalue weighted by atomic mass is 10.2. The Morgan fingerprint density at radius 3 is 2.40 bits per heavy atom. The molecule has 20 heavy (non-hydrogen) atoms. The molecule has 0 bridgehead atoms. The number of aromatic nitrogens is 5. The molecule has 3 rings (SSSR count). The number of hydrogen-bond donors (Lipinski definition) is 2. The van der Waals surface area contributed by atoms with Crippen molar-refractivity contribution in [1.82, 2.24) is 24.9 Å². The topological polar surface area (TPSA) is 96.7 Å². The van der Waals surface area contributed by atoms with Crippen molar-refractivity contribution in [3.8, 4) is 17.1 Å². The minimum Gasteiger partial charge on any atom is -0.493 e. The monoisotopic (exact) mass is 266 g/mol. The van der Waals surface area contributed by atoms with Crippen molar-refractivity contribution < 1.29 is 5.11 Å². The summed E-state index contributed by atoms with van der Waals surface area (Å²) in [6.45, 7) is 0. The summed E-state index contributed by atoms with van der Waals surface area (Å²) in [5.74, 6) is 0.745. The van der Waals surface area contributed by atoms with Crippen LogP contribution >= 0.6 is 0 Å². The minimum absolute atomic E-state index is 0.0537. The van der Waals surface area contributed by atoms with Crippen molar-refractivity contribution in [2.24, 2.45) is 0 Å². The number of aromatic hydroxyl groups is 1. The molecular formula is C13H10N6O. The number of pyridine rings is 1. The van der Waals surface area contributed by atoms with Gasteiger partial charge in [0.05, 0.1) is 5.69 Å². The van der Waals surface area contributed by atoms with Gasteiger partial charge in [0.1, 0.15) is 0 Å². The number of nitrogens with one attached hydrogen (secondary N) is 1. The number of hydrogen-bond acceptors (Lipinski definition) is 7. The predicted octanol–water partition coefficient (Wildman–Crippen LogP) is 1.78. The van der Waals surface area contributed by atoms with Crippen molar-refractivity contribution in [3.63, 3.8) is 0 Å². The van der Waals surface area contributed by atoms with E-state index in [1.165, 1.54) is 12.3 Å². The Hall–Kier alpha value is -3.09. The van der Waals surface area contributed by atoms with E-state index in [0.717, 1.165) is 5.56 Å². The van der Waals surface area contributed by atoms with Crippen LogP contribution < -0.4 is 5.32 Å². The molecule has 3 aromatic heterocycles. The van der Waals surface area contributed by atoms with Crippen LogP contribution in [0.4, 0.5) is 11.9 Å². The normalized spacial score (nSPS) is 10.2. The zero-order chi connectivity index (χ0) is 13.8. The smallest absolute Gasteiger partial charge is 0.230 e. The third kappa shape index (κ3) is 2.66. The van der Waals surface area contributed by atoms with E-state index >= 15 is 0 Å². The second kappa shape index (κ2) is 5.27. The van der Waals surface area contributed by atoms with Gasteiger partial charge in [0, 0.05) is 36.4 Å². The predicted molar refractivity (Wildman–Crippen MR) is 72.2 cm³/mol. The summed E-state index contributed by atoms with van der Waals surface area (Å²) in [5.41, 5.74) is 1.41. The van der Waals surface area contributed by atoms with Gasteiger partial charge in [-0.25, -0.2) is 24.9 Å². The molecule has 0 radical (unpaired) electrons. The van der Waals surface area contributed by atoms with Crippen LogP contribution in [0.15, 0.2) is 49.1 Å². The van der Waals surface area contributed by atoms with Gasteiger partial charge >= 0.3 is 0 Å². The van der Waals surface area contributed by atoms with Gasteiger partial charge in [0.2, 0.25) is 17.8 Å². The fourth-order valence-electron chi connectivity index (χ4n) is 1.62. The van der Waals surface area contributed by atoms with E-state index in [2.05, 4.69) is 30.2 Å². The molecule has 0 aliphatic rings. The third-order valence-electron chi connectivity index (χ3n) is 2.49. The molecule has 0 saturated heterocycles. The Morgan fingerprint density at radius 2 is 1.60 bits per heavy atom. The molecule has 98 valence electrons. The molecule has 0 fully saturated rings. The minimum atomic E-state index is -0.0537. The Morgan fingerprint density at radius 1 is 0.850 bits per heavy atom. The first-order valence-electron chi connectivity index (χ1n) is 5.84. The quantitative estimate of drug-likeness (QED) is 0.745. The van der Waals surface area contributed by atoms with Crippen LogP contribution in [0.5, 0.6) is 5.88 Å². The van der Waals surface area contributed by atoms with E-state index in [4.69, 9.17) is 0 Å². The van der Waals surface area contributed by atoms with E-state index < -0.39 is 0 Å². The van der Waals surface area contributed by atoms with Crippen molar-refractivity contribution in [2.45, 2.75) is 0 Å². The fraction of sp³-hybridized carbons (Fsp3) is 0. The molecule has 7 nitrogen and oxygen atoms in total. The van der Waals surface area contributed by atoms with E-state index in [1.807, 2.05) is 0 Å². The van der Waals surface area contributed by atoms with Gasteiger partial charge in [-0.3, -0.25) is 5.32 Å². The van der Waals surface area contributed by atoms with E-state index in [-0.39, 0.29) is 5.88 Å². The van der Waals surface area contributed by atoms with E-state index in [9.17, 15) is 5.11 Å². The van der Waals surface area contributed by atoms with Gasteiger partial charge in [-0.1, -0.05) is 0 Å². The van der Waals surface area contributed by atoms with Crippen molar-refractivity contribution in [2.75, 3.05) is 5.32 Å². The second-order valence-corrected chi connectivity index (χ2v) is 3.87. The third-order valence-corrected chi connectivity index (χ3v) is 2.49. The van der Waals surface area contributed by atoms with E-state index in [0.29, 0.717) is 17.6 Å². The molecule has 3 aromatic rings. The molecular weight excluding hydrogens is 256 g/mol. The molecule has 0 spiro atoms. The molecule has 0 aliphatic heterocycles. The van der Waals surface area contributed by atoms with Gasteiger partial charge in [0.15, 0.2) is 0 Å². The molecule has 0 amide bonds. The van der Waals surface area contributed by atoms with Gasteiger partial charge in [-0.15, -0.1) is 0 Å². The summed E-state index contributed by atoms with van der Waals surface area (Å²) in [6.07, 6.45) is 6.38. The summed E-state index contributed by atoms with van der Waals surface area (Å²) in [7, 11) is 0. The largest absolute Gasteiger partial charge is 0.493 e. The summed E-state index contributed by atoms with van der Waals surface area (Å²) < 4.78 is 0. The van der Waals surface area contributed by atoms with Crippen LogP contribution in [0.2, 0.25) is 0 Å². The van der Waals surface area contributed by atoms with Gasteiger partial charge in [-0.05, 0) is 18.2 Å². The molecule has 2 N–H and O–H groups in total. The molecule has 0 saturated carbocycles. The van der Waals surface area contributed by atoms with Crippen molar-refractivity contribution in [3.05, 3.63) is 49.1 Å². The lowest BCUT2D eigenvalue weighted by Crippen LogP contribution is -2.01. The highest BCUT2D eigenvalue weighted by Gasteiger charge is 2.04. The molecule has 0 aromatic carbocycles. The zero-order valence-electron chi connectivity index (χ0n) is 10.3. The highest BCUT2D eigenvalue weighted by Crippen LogP contribution is 2.20. The Labute approximate surface area is 114 Å².